The van der Waals surface area contributed by atoms with Crippen LogP contribution in [0.2, 0.25) is 0 Å². The summed E-state index contributed by atoms with van der Waals surface area (Å²) in [7, 11) is 1.36. The molecular formula is C25H23BF3NO3. The fourth-order valence-corrected chi connectivity index (χ4v) is 3.62. The third kappa shape index (κ3) is 5.67. The number of nitriles is 1. The average Bonchev–Trinajstić information content (AvgIpc) is 3.28. The molecule has 1 heterocycles. The summed E-state index contributed by atoms with van der Waals surface area (Å²) >= 11 is 0. The molecule has 4 nitrogen and oxygen atoms in total. The van der Waals surface area contributed by atoms with Crippen LogP contribution in [0.5, 0.6) is 0 Å². The highest BCUT2D eigenvalue weighted by Gasteiger charge is 2.35. The van der Waals surface area contributed by atoms with Crippen molar-refractivity contribution >= 4 is 12.7 Å². The first-order valence-electron chi connectivity index (χ1n) is 10.4. The minimum atomic E-state index is -4.54. The van der Waals surface area contributed by atoms with Crippen LogP contribution in [-0.2, 0) is 33.8 Å². The van der Waals surface area contributed by atoms with Crippen LogP contribution >= 0.6 is 0 Å². The van der Waals surface area contributed by atoms with Crippen LogP contribution in [0.3, 0.4) is 0 Å². The van der Waals surface area contributed by atoms with E-state index in [1.165, 1.54) is 13.2 Å². The number of methoxy groups -OCH3 is 1. The van der Waals surface area contributed by atoms with E-state index in [9.17, 15) is 23.2 Å². The third-order valence-electron chi connectivity index (χ3n) is 5.62. The van der Waals surface area contributed by atoms with Gasteiger partial charge in [-0.05, 0) is 55.3 Å². The molecule has 1 aromatic heterocycles. The Morgan fingerprint density at radius 1 is 1.03 bits per heavy atom. The van der Waals surface area contributed by atoms with E-state index in [4.69, 9.17) is 9.15 Å². The summed E-state index contributed by atoms with van der Waals surface area (Å²) < 4.78 is 47.9. The number of alkyl halides is 3. The zero-order valence-corrected chi connectivity index (χ0v) is 18.6. The standard InChI is InChI=1S/C25H23BF3NO3/c1-24(2,23(31)32-3)20-6-4-5-19(13-20)18-9-7-17(8-10-18)14-26(16-30)15-21-11-12-22(33-21)25(27,28)29/h4-13H,14-15H2,1-3H3. The van der Waals surface area contributed by atoms with Gasteiger partial charge in [0.1, 0.15) is 0 Å². The molecule has 0 amide bonds. The highest BCUT2D eigenvalue weighted by molar-refractivity contribution is 6.65. The molecule has 0 unspecified atom stereocenters. The smallest absolute Gasteiger partial charge is 0.449 e. The fraction of sp³-hybridized carbons (Fsp3) is 0.280. The van der Waals surface area contributed by atoms with Gasteiger partial charge in [0.25, 0.3) is 6.71 Å². The van der Waals surface area contributed by atoms with Gasteiger partial charge >= 0.3 is 12.1 Å². The van der Waals surface area contributed by atoms with Crippen LogP contribution in [0.4, 0.5) is 13.2 Å². The van der Waals surface area contributed by atoms with E-state index in [1.54, 1.807) is 13.8 Å². The van der Waals surface area contributed by atoms with Gasteiger partial charge in [0.2, 0.25) is 5.76 Å². The molecule has 3 rings (SSSR count). The zero-order chi connectivity index (χ0) is 24.2. The van der Waals surface area contributed by atoms with Gasteiger partial charge < -0.3 is 9.15 Å². The van der Waals surface area contributed by atoms with Crippen molar-refractivity contribution in [2.45, 2.75) is 38.1 Å². The van der Waals surface area contributed by atoms with Crippen LogP contribution in [0.25, 0.3) is 11.1 Å². The fourth-order valence-electron chi connectivity index (χ4n) is 3.62. The molecule has 0 N–H and O–H groups in total. The van der Waals surface area contributed by atoms with Crippen molar-refractivity contribution in [2.24, 2.45) is 0 Å². The number of rotatable bonds is 7. The van der Waals surface area contributed by atoms with Crippen LogP contribution < -0.4 is 0 Å². The number of benzene rings is 2. The molecule has 0 atom stereocenters. The van der Waals surface area contributed by atoms with Gasteiger partial charge in [-0.15, -0.1) is 0 Å². The highest BCUT2D eigenvalue weighted by atomic mass is 19.4. The lowest BCUT2D eigenvalue weighted by Crippen LogP contribution is -2.30. The summed E-state index contributed by atoms with van der Waals surface area (Å²) in [6, 6.07) is 17.4. The Morgan fingerprint density at radius 3 is 2.30 bits per heavy atom. The summed E-state index contributed by atoms with van der Waals surface area (Å²) in [5.41, 5.74) is 2.80. The summed E-state index contributed by atoms with van der Waals surface area (Å²) in [6.07, 6.45) is -4.06. The van der Waals surface area contributed by atoms with Crippen molar-refractivity contribution in [1.82, 2.24) is 0 Å². The molecule has 0 saturated carbocycles. The monoisotopic (exact) mass is 453 g/mol. The molecule has 0 radical (unpaired) electrons. The number of ether oxygens (including phenoxy) is 1. The molecule has 2 aromatic carbocycles. The zero-order valence-electron chi connectivity index (χ0n) is 18.6. The number of halogens is 3. The predicted molar refractivity (Wildman–Crippen MR) is 119 cm³/mol. The molecule has 0 aliphatic rings. The Labute approximate surface area is 191 Å². The summed E-state index contributed by atoms with van der Waals surface area (Å²) in [6.45, 7) is 3.09. The number of hydrogen-bond acceptors (Lipinski definition) is 4. The number of nitrogens with zero attached hydrogens (tertiary/aromatic N) is 1. The van der Waals surface area contributed by atoms with Crippen molar-refractivity contribution in [3.8, 4) is 17.1 Å². The summed E-state index contributed by atoms with van der Waals surface area (Å²) in [5.74, 6) is 0.901. The van der Waals surface area contributed by atoms with Crippen molar-refractivity contribution in [1.29, 1.82) is 5.26 Å². The Morgan fingerprint density at radius 2 is 1.73 bits per heavy atom. The van der Waals surface area contributed by atoms with Crippen molar-refractivity contribution in [3.05, 3.63) is 83.3 Å². The first-order chi connectivity index (χ1) is 15.5. The molecule has 0 spiro atoms. The second-order valence-electron chi connectivity index (χ2n) is 8.39. The average molecular weight is 453 g/mol. The maximum atomic E-state index is 12.7. The topological polar surface area (TPSA) is 63.2 Å². The number of esters is 1. The Kier molecular flexibility index (Phi) is 7.02. The third-order valence-corrected chi connectivity index (χ3v) is 5.62. The van der Waals surface area contributed by atoms with Crippen LogP contribution in [0.15, 0.2) is 65.1 Å². The van der Waals surface area contributed by atoms with Gasteiger partial charge in [-0.25, -0.2) is 5.26 Å². The molecule has 0 fully saturated rings. The highest BCUT2D eigenvalue weighted by Crippen LogP contribution is 2.31. The SMILES string of the molecule is COC(=O)C(C)(C)c1cccc(-c2ccc(CB(C#N)Cc3ccc(C(F)(F)F)o3)cc2)c1. The van der Waals surface area contributed by atoms with Crippen LogP contribution in [0, 0.1) is 11.2 Å². The van der Waals surface area contributed by atoms with Crippen LogP contribution in [0.1, 0.15) is 36.5 Å². The summed E-state index contributed by atoms with van der Waals surface area (Å²) in [4.78, 5) is 12.1. The van der Waals surface area contributed by atoms with E-state index in [0.717, 1.165) is 28.3 Å². The van der Waals surface area contributed by atoms with Gasteiger partial charge in [-0.3, -0.25) is 4.79 Å². The van der Waals surface area contributed by atoms with E-state index in [1.807, 2.05) is 48.5 Å². The van der Waals surface area contributed by atoms with Crippen LogP contribution in [-0.4, -0.2) is 19.8 Å². The quantitative estimate of drug-likeness (QED) is 0.333. The maximum Gasteiger partial charge on any atom is 0.449 e. The molecule has 33 heavy (non-hydrogen) atoms. The van der Waals surface area contributed by atoms with E-state index in [0.29, 0.717) is 6.32 Å². The molecule has 0 saturated heterocycles. The molecule has 0 aliphatic heterocycles. The van der Waals surface area contributed by atoms with Gasteiger partial charge in [0.15, 0.2) is 0 Å². The van der Waals surface area contributed by atoms with E-state index >= 15 is 0 Å². The second kappa shape index (κ2) is 9.57. The van der Waals surface area contributed by atoms with Crippen molar-refractivity contribution < 1.29 is 27.1 Å². The van der Waals surface area contributed by atoms with Gasteiger partial charge in [0, 0.05) is 5.97 Å². The van der Waals surface area contributed by atoms with Crippen molar-refractivity contribution in [3.63, 3.8) is 0 Å². The van der Waals surface area contributed by atoms with E-state index in [2.05, 4.69) is 5.97 Å². The second-order valence-corrected chi connectivity index (χ2v) is 8.39. The van der Waals surface area contributed by atoms with E-state index in [-0.39, 0.29) is 18.0 Å². The Hall–Kier alpha value is -3.47. The lowest BCUT2D eigenvalue weighted by Gasteiger charge is -2.22. The maximum absolute atomic E-state index is 12.7. The van der Waals surface area contributed by atoms with Gasteiger partial charge in [-0.2, -0.15) is 13.2 Å². The largest absolute Gasteiger partial charge is 0.468 e. The first-order valence-corrected chi connectivity index (χ1v) is 10.4. The number of furan rings is 1. The van der Waals surface area contributed by atoms with Crippen molar-refractivity contribution in [2.75, 3.05) is 7.11 Å². The lowest BCUT2D eigenvalue weighted by molar-refractivity contribution is -0.153. The van der Waals surface area contributed by atoms with Gasteiger partial charge in [0.05, 0.1) is 18.3 Å². The molecule has 0 aliphatic carbocycles. The predicted octanol–water partition coefficient (Wildman–Crippen LogP) is 5.84. The minimum absolute atomic E-state index is 0.0962. The molecule has 8 heteroatoms. The molecular weight excluding hydrogens is 430 g/mol. The normalized spacial score (nSPS) is 11.7. The summed E-state index contributed by atoms with van der Waals surface area (Å²) in [5, 5.41) is 9.47. The Balaban J connectivity index is 1.72. The van der Waals surface area contributed by atoms with E-state index < -0.39 is 24.1 Å². The molecule has 170 valence electrons. The Bertz CT molecular complexity index is 1160. The lowest BCUT2D eigenvalue weighted by atomic mass is 9.45. The first kappa shape index (κ1) is 24.2. The number of carbonyl (C=O) groups excluding carboxylic acids is 1. The number of carbonyl (C=O) groups is 1. The van der Waals surface area contributed by atoms with Gasteiger partial charge in [-0.1, -0.05) is 54.1 Å². The minimum Gasteiger partial charge on any atom is -0.468 e. The molecule has 3 aromatic rings. The number of hydrogen-bond donors (Lipinski definition) is 0. The molecule has 0 bridgehead atoms.